The average molecular weight is 489 g/mol. The molecule has 178 valence electrons. The van der Waals surface area contributed by atoms with Crippen molar-refractivity contribution in [2.45, 2.75) is 26.4 Å². The Morgan fingerprint density at radius 1 is 1.14 bits per heavy atom. The summed E-state index contributed by atoms with van der Waals surface area (Å²) >= 11 is 6.33. The molecule has 5 aromatic rings. The molecule has 0 fully saturated rings. The highest BCUT2D eigenvalue weighted by molar-refractivity contribution is 6.31. The Balaban J connectivity index is 1.75. The molecule has 8 nitrogen and oxygen atoms in total. The first-order valence-corrected chi connectivity index (χ1v) is 11.6. The number of hydrogen-bond donors (Lipinski definition) is 0. The largest absolute Gasteiger partial charge is 0.465 e. The zero-order valence-electron chi connectivity index (χ0n) is 19.9. The number of pyridine rings is 1. The topological polar surface area (TPSA) is 77.5 Å². The maximum atomic E-state index is 12.5. The molecule has 0 aliphatic rings. The second-order valence-electron chi connectivity index (χ2n) is 8.69. The highest BCUT2D eigenvalue weighted by Gasteiger charge is 2.22. The highest BCUT2D eigenvalue weighted by atomic mass is 35.5. The van der Waals surface area contributed by atoms with Gasteiger partial charge in [-0.15, -0.1) is 0 Å². The molecule has 0 unspecified atom stereocenters. The molecule has 1 aromatic carbocycles. The van der Waals surface area contributed by atoms with Gasteiger partial charge in [0.2, 0.25) is 0 Å². The third kappa shape index (κ3) is 4.10. The maximum Gasteiger partial charge on any atom is 0.343 e. The van der Waals surface area contributed by atoms with Crippen LogP contribution in [0.15, 0.2) is 61.1 Å². The molecule has 0 aliphatic carbocycles. The van der Waals surface area contributed by atoms with Crippen LogP contribution < -0.4 is 4.90 Å². The van der Waals surface area contributed by atoms with E-state index in [0.29, 0.717) is 28.5 Å². The Hall–Kier alpha value is -3.91. The molecule has 0 aliphatic heterocycles. The predicted octanol–water partition coefficient (Wildman–Crippen LogP) is 5.40. The molecule has 0 atom stereocenters. The number of hydrogen-bond acceptors (Lipinski definition) is 6. The van der Waals surface area contributed by atoms with Crippen molar-refractivity contribution in [2.75, 3.05) is 19.1 Å². The number of halogens is 1. The molecule has 4 aromatic heterocycles. The molecule has 5 rings (SSSR count). The van der Waals surface area contributed by atoms with Gasteiger partial charge in [-0.05, 0) is 25.5 Å². The number of carbonyl (C=O) groups is 1. The van der Waals surface area contributed by atoms with Crippen molar-refractivity contribution in [2.24, 2.45) is 0 Å². The fourth-order valence-electron chi connectivity index (χ4n) is 4.25. The molecule has 0 N–H and O–H groups in total. The summed E-state index contributed by atoms with van der Waals surface area (Å²) in [5.74, 6) is 0.292. The quantitative estimate of drug-likeness (QED) is 0.298. The van der Waals surface area contributed by atoms with E-state index in [-0.39, 0.29) is 6.04 Å². The van der Waals surface area contributed by atoms with E-state index in [0.717, 1.165) is 28.0 Å². The van der Waals surface area contributed by atoms with Crippen LogP contribution in [0.4, 0.5) is 5.82 Å². The third-order valence-corrected chi connectivity index (χ3v) is 6.19. The Labute approximate surface area is 207 Å². The number of rotatable bonds is 6. The van der Waals surface area contributed by atoms with Gasteiger partial charge in [0.05, 0.1) is 24.0 Å². The van der Waals surface area contributed by atoms with E-state index >= 15 is 0 Å². The standard InChI is InChI=1S/C26H25ClN6O2/c1-16(2)32-15-21(19-10-18(27)12-28-24(19)32)22-11-23(31(3)14-17-8-6-5-7-9-17)33-25(30-22)20(13-29-33)26(34)35-4/h5-13,15-16H,14H2,1-4H3. The molecule has 9 heteroatoms. The molecule has 0 spiro atoms. The first-order valence-electron chi connectivity index (χ1n) is 11.3. The van der Waals surface area contributed by atoms with E-state index in [1.165, 1.54) is 13.3 Å². The first kappa shape index (κ1) is 22.9. The van der Waals surface area contributed by atoms with Crippen molar-refractivity contribution in [3.63, 3.8) is 0 Å². The fraction of sp³-hybridized carbons (Fsp3) is 0.231. The van der Waals surface area contributed by atoms with Gasteiger partial charge in [0.25, 0.3) is 0 Å². The van der Waals surface area contributed by atoms with Crippen LogP contribution in [0.2, 0.25) is 5.02 Å². The van der Waals surface area contributed by atoms with Crippen molar-refractivity contribution >= 4 is 40.1 Å². The Morgan fingerprint density at radius 3 is 2.63 bits per heavy atom. The fourth-order valence-corrected chi connectivity index (χ4v) is 4.41. The molecule has 0 saturated carbocycles. The summed E-state index contributed by atoms with van der Waals surface area (Å²) in [6.45, 7) is 4.84. The second-order valence-corrected chi connectivity index (χ2v) is 9.13. The van der Waals surface area contributed by atoms with Gasteiger partial charge < -0.3 is 14.2 Å². The minimum Gasteiger partial charge on any atom is -0.465 e. The summed E-state index contributed by atoms with van der Waals surface area (Å²) in [4.78, 5) is 24.0. The van der Waals surface area contributed by atoms with Gasteiger partial charge in [0.1, 0.15) is 17.0 Å². The first-order chi connectivity index (χ1) is 16.9. The lowest BCUT2D eigenvalue weighted by atomic mass is 10.1. The summed E-state index contributed by atoms with van der Waals surface area (Å²) in [5, 5.41) is 5.90. The lowest BCUT2D eigenvalue weighted by Gasteiger charge is -2.21. The summed E-state index contributed by atoms with van der Waals surface area (Å²) < 4.78 is 8.76. The van der Waals surface area contributed by atoms with Gasteiger partial charge in [-0.2, -0.15) is 9.61 Å². The van der Waals surface area contributed by atoms with Gasteiger partial charge in [-0.25, -0.2) is 14.8 Å². The number of methoxy groups -OCH3 is 1. The van der Waals surface area contributed by atoms with Crippen LogP contribution in [-0.2, 0) is 11.3 Å². The molecule has 4 heterocycles. The second kappa shape index (κ2) is 9.03. The van der Waals surface area contributed by atoms with Crippen LogP contribution in [0.3, 0.4) is 0 Å². The SMILES string of the molecule is COC(=O)c1cnn2c(N(C)Cc3ccccc3)cc(-c3cn(C(C)C)c4ncc(Cl)cc34)nc12. The number of aromatic nitrogens is 5. The molecular formula is C26H25ClN6O2. The number of ether oxygens (including phenoxy) is 1. The molecule has 0 radical (unpaired) electrons. The monoisotopic (exact) mass is 488 g/mol. The number of fused-ring (bicyclic) bond motifs is 2. The van der Waals surface area contributed by atoms with Gasteiger partial charge in [-0.3, -0.25) is 0 Å². The highest BCUT2D eigenvalue weighted by Crippen LogP contribution is 2.34. The van der Waals surface area contributed by atoms with Gasteiger partial charge in [-0.1, -0.05) is 41.9 Å². The minimum absolute atomic E-state index is 0.185. The van der Waals surface area contributed by atoms with E-state index in [1.54, 1.807) is 10.7 Å². The molecular weight excluding hydrogens is 464 g/mol. The number of carbonyl (C=O) groups excluding carboxylic acids is 1. The zero-order chi connectivity index (χ0) is 24.7. The van der Waals surface area contributed by atoms with E-state index < -0.39 is 5.97 Å². The molecule has 0 amide bonds. The van der Waals surface area contributed by atoms with Crippen molar-refractivity contribution < 1.29 is 9.53 Å². The Morgan fingerprint density at radius 2 is 1.91 bits per heavy atom. The number of benzene rings is 1. The van der Waals surface area contributed by atoms with E-state index in [2.05, 4.69) is 45.5 Å². The number of anilines is 1. The van der Waals surface area contributed by atoms with Crippen molar-refractivity contribution in [3.05, 3.63) is 77.2 Å². The van der Waals surface area contributed by atoms with E-state index in [1.807, 2.05) is 43.6 Å². The van der Waals surface area contributed by atoms with Crippen LogP contribution in [0.1, 0.15) is 35.8 Å². The summed E-state index contributed by atoms with van der Waals surface area (Å²) in [6, 6.07) is 14.2. The van der Waals surface area contributed by atoms with Crippen molar-refractivity contribution in [1.82, 2.24) is 24.1 Å². The van der Waals surface area contributed by atoms with E-state index in [4.69, 9.17) is 21.3 Å². The predicted molar refractivity (Wildman–Crippen MR) is 137 cm³/mol. The van der Waals surface area contributed by atoms with Crippen LogP contribution in [0.5, 0.6) is 0 Å². The Kier molecular flexibility index (Phi) is 5.90. The van der Waals surface area contributed by atoms with Gasteiger partial charge in [0.15, 0.2) is 5.65 Å². The average Bonchev–Trinajstić information content (AvgIpc) is 3.45. The molecule has 35 heavy (non-hydrogen) atoms. The van der Waals surface area contributed by atoms with Crippen LogP contribution in [-0.4, -0.2) is 44.3 Å². The Bertz CT molecular complexity index is 1540. The lowest BCUT2D eigenvalue weighted by Crippen LogP contribution is -2.20. The third-order valence-electron chi connectivity index (χ3n) is 5.98. The van der Waals surface area contributed by atoms with Crippen LogP contribution in [0, 0.1) is 0 Å². The van der Waals surface area contributed by atoms with Gasteiger partial charge >= 0.3 is 5.97 Å². The molecule has 0 saturated heterocycles. The van der Waals surface area contributed by atoms with Crippen LogP contribution >= 0.6 is 11.6 Å². The minimum atomic E-state index is -0.490. The van der Waals surface area contributed by atoms with E-state index in [9.17, 15) is 4.79 Å². The molecule has 0 bridgehead atoms. The van der Waals surface area contributed by atoms with Crippen molar-refractivity contribution in [1.29, 1.82) is 0 Å². The summed E-state index contributed by atoms with van der Waals surface area (Å²) in [6.07, 6.45) is 5.18. The number of nitrogens with zero attached hydrogens (tertiary/aromatic N) is 6. The maximum absolute atomic E-state index is 12.5. The zero-order valence-corrected chi connectivity index (χ0v) is 20.7. The lowest BCUT2D eigenvalue weighted by molar-refractivity contribution is 0.0602. The van der Waals surface area contributed by atoms with Crippen molar-refractivity contribution in [3.8, 4) is 11.3 Å². The number of esters is 1. The summed E-state index contributed by atoms with van der Waals surface area (Å²) in [5.41, 5.74) is 4.25. The smallest absolute Gasteiger partial charge is 0.343 e. The normalized spacial score (nSPS) is 11.5. The van der Waals surface area contributed by atoms with Crippen LogP contribution in [0.25, 0.3) is 27.9 Å². The van der Waals surface area contributed by atoms with Gasteiger partial charge in [0, 0.05) is 49.0 Å². The summed E-state index contributed by atoms with van der Waals surface area (Å²) in [7, 11) is 3.34.